The SMILES string of the molecule is O=C1CC[C@H](C(=O)NCCc2noc(C(F)(F)F)n2)NC(=O)N1. The highest BCUT2D eigenvalue weighted by Gasteiger charge is 2.38. The Balaban J connectivity index is 1.81. The number of halogens is 3. The first kappa shape index (κ1) is 16.7. The molecule has 12 heteroatoms. The summed E-state index contributed by atoms with van der Waals surface area (Å²) in [5.41, 5.74) is 0. The van der Waals surface area contributed by atoms with E-state index in [0.29, 0.717) is 0 Å². The van der Waals surface area contributed by atoms with Crippen molar-refractivity contribution in [1.29, 1.82) is 0 Å². The third kappa shape index (κ3) is 4.66. The molecular formula is C11H12F3N5O4. The smallest absolute Gasteiger partial charge is 0.354 e. The van der Waals surface area contributed by atoms with E-state index in [1.54, 1.807) is 0 Å². The molecule has 2 rings (SSSR count). The Labute approximate surface area is 127 Å². The summed E-state index contributed by atoms with van der Waals surface area (Å²) < 4.78 is 40.8. The van der Waals surface area contributed by atoms with Gasteiger partial charge >= 0.3 is 18.1 Å². The number of aromatic nitrogens is 2. The Morgan fingerprint density at radius 3 is 2.78 bits per heavy atom. The van der Waals surface area contributed by atoms with Crippen LogP contribution in [-0.4, -0.2) is 40.6 Å². The molecule has 1 saturated heterocycles. The zero-order valence-electron chi connectivity index (χ0n) is 11.6. The minimum atomic E-state index is -4.72. The fourth-order valence-electron chi connectivity index (χ4n) is 1.82. The van der Waals surface area contributed by atoms with Crippen molar-refractivity contribution in [3.05, 3.63) is 11.7 Å². The van der Waals surface area contributed by atoms with Crippen molar-refractivity contribution in [3.63, 3.8) is 0 Å². The van der Waals surface area contributed by atoms with Gasteiger partial charge in [-0.3, -0.25) is 14.9 Å². The van der Waals surface area contributed by atoms with Gasteiger partial charge in [0.05, 0.1) is 0 Å². The van der Waals surface area contributed by atoms with Crippen LogP contribution in [0.25, 0.3) is 0 Å². The van der Waals surface area contributed by atoms with E-state index in [4.69, 9.17) is 0 Å². The van der Waals surface area contributed by atoms with E-state index in [1.165, 1.54) is 0 Å². The molecule has 0 bridgehead atoms. The van der Waals surface area contributed by atoms with Gasteiger partial charge < -0.3 is 15.2 Å². The van der Waals surface area contributed by atoms with Crippen LogP contribution in [0.2, 0.25) is 0 Å². The van der Waals surface area contributed by atoms with Crippen molar-refractivity contribution in [1.82, 2.24) is 26.1 Å². The molecule has 1 aliphatic rings. The topological polar surface area (TPSA) is 126 Å². The average molecular weight is 335 g/mol. The molecule has 23 heavy (non-hydrogen) atoms. The molecule has 1 atom stereocenters. The summed E-state index contributed by atoms with van der Waals surface area (Å²) in [5.74, 6) is -2.72. The number of urea groups is 1. The molecule has 1 aromatic heterocycles. The van der Waals surface area contributed by atoms with Crippen LogP contribution in [0.15, 0.2) is 4.52 Å². The lowest BCUT2D eigenvalue weighted by Crippen LogP contribution is -2.48. The molecule has 1 fully saturated rings. The Bertz CT molecular complexity index is 615. The third-order valence-corrected chi connectivity index (χ3v) is 2.89. The molecule has 4 amide bonds. The standard InChI is InChI=1S/C11H12F3N5O4/c12-11(13,14)9-17-6(19-23-9)3-4-15-8(21)5-1-2-7(20)18-10(22)16-5/h5H,1-4H2,(H,15,21)(H2,16,18,20,22)/t5-/m1/s1. The largest absolute Gasteiger partial charge is 0.471 e. The molecule has 126 valence electrons. The maximum atomic E-state index is 12.3. The summed E-state index contributed by atoms with van der Waals surface area (Å²) >= 11 is 0. The van der Waals surface area contributed by atoms with E-state index in [0.717, 1.165) is 0 Å². The number of hydrogen-bond donors (Lipinski definition) is 3. The van der Waals surface area contributed by atoms with E-state index < -0.39 is 36.0 Å². The van der Waals surface area contributed by atoms with Crippen LogP contribution in [0.3, 0.4) is 0 Å². The molecule has 0 aromatic carbocycles. The zero-order valence-corrected chi connectivity index (χ0v) is 11.6. The van der Waals surface area contributed by atoms with Gasteiger partial charge in [0.2, 0.25) is 11.8 Å². The number of carbonyl (C=O) groups excluding carboxylic acids is 3. The lowest BCUT2D eigenvalue weighted by atomic mass is 10.1. The van der Waals surface area contributed by atoms with Crippen molar-refractivity contribution in [2.45, 2.75) is 31.5 Å². The van der Waals surface area contributed by atoms with E-state index in [1.807, 2.05) is 5.32 Å². The van der Waals surface area contributed by atoms with Crippen LogP contribution in [-0.2, 0) is 22.2 Å². The van der Waals surface area contributed by atoms with Crippen molar-refractivity contribution in [2.75, 3.05) is 6.54 Å². The minimum absolute atomic E-state index is 0.00336. The molecule has 0 spiro atoms. The van der Waals surface area contributed by atoms with Crippen molar-refractivity contribution < 1.29 is 32.1 Å². The van der Waals surface area contributed by atoms with Crippen LogP contribution < -0.4 is 16.0 Å². The van der Waals surface area contributed by atoms with Gasteiger partial charge in [-0.2, -0.15) is 18.2 Å². The maximum absolute atomic E-state index is 12.3. The summed E-state index contributed by atoms with van der Waals surface area (Å²) in [6.07, 6.45) is -4.69. The predicted octanol–water partition coefficient (Wildman–Crippen LogP) is -0.265. The van der Waals surface area contributed by atoms with Gasteiger partial charge in [0.25, 0.3) is 0 Å². The summed E-state index contributed by atoms with van der Waals surface area (Å²) in [6.45, 7) is -0.0522. The van der Waals surface area contributed by atoms with E-state index in [-0.39, 0.29) is 31.6 Å². The number of amides is 4. The second-order valence-electron chi connectivity index (χ2n) is 4.67. The number of nitrogens with one attached hydrogen (secondary N) is 3. The number of alkyl halides is 3. The predicted molar refractivity (Wildman–Crippen MR) is 65.7 cm³/mol. The Kier molecular flexibility index (Phi) is 4.81. The van der Waals surface area contributed by atoms with Crippen LogP contribution in [0.1, 0.15) is 24.6 Å². The number of imide groups is 1. The van der Waals surface area contributed by atoms with Gasteiger partial charge in [-0.15, -0.1) is 0 Å². The second-order valence-corrected chi connectivity index (χ2v) is 4.67. The highest BCUT2D eigenvalue weighted by atomic mass is 19.4. The first-order valence-electron chi connectivity index (χ1n) is 6.53. The lowest BCUT2D eigenvalue weighted by Gasteiger charge is -2.14. The van der Waals surface area contributed by atoms with Crippen LogP contribution in [0, 0.1) is 0 Å². The summed E-state index contributed by atoms with van der Waals surface area (Å²) in [4.78, 5) is 37.4. The highest BCUT2D eigenvalue weighted by molar-refractivity contribution is 5.98. The Morgan fingerprint density at radius 1 is 1.39 bits per heavy atom. The van der Waals surface area contributed by atoms with Gasteiger partial charge in [0, 0.05) is 19.4 Å². The summed E-state index contributed by atoms with van der Waals surface area (Å²) in [7, 11) is 0. The molecule has 2 heterocycles. The second kappa shape index (κ2) is 6.62. The van der Waals surface area contributed by atoms with Crippen LogP contribution in [0.5, 0.6) is 0 Å². The van der Waals surface area contributed by atoms with Crippen LogP contribution in [0.4, 0.5) is 18.0 Å². The molecule has 1 aliphatic heterocycles. The molecule has 0 aliphatic carbocycles. The van der Waals surface area contributed by atoms with Crippen molar-refractivity contribution >= 4 is 17.8 Å². The van der Waals surface area contributed by atoms with Crippen LogP contribution >= 0.6 is 0 Å². The third-order valence-electron chi connectivity index (χ3n) is 2.89. The summed E-state index contributed by atoms with van der Waals surface area (Å²) in [5, 5.41) is 9.88. The van der Waals surface area contributed by atoms with Gasteiger partial charge in [-0.25, -0.2) is 4.79 Å². The van der Waals surface area contributed by atoms with Crippen molar-refractivity contribution in [3.8, 4) is 0 Å². The van der Waals surface area contributed by atoms with Gasteiger partial charge in [-0.1, -0.05) is 5.16 Å². The number of carbonyl (C=O) groups is 3. The maximum Gasteiger partial charge on any atom is 0.471 e. The minimum Gasteiger partial charge on any atom is -0.354 e. The first-order chi connectivity index (χ1) is 10.8. The Hall–Kier alpha value is -2.66. The van der Waals surface area contributed by atoms with E-state index in [9.17, 15) is 27.6 Å². The molecule has 9 nitrogen and oxygen atoms in total. The fraction of sp³-hybridized carbons (Fsp3) is 0.545. The zero-order chi connectivity index (χ0) is 17.0. The molecule has 3 N–H and O–H groups in total. The molecule has 0 radical (unpaired) electrons. The van der Waals surface area contributed by atoms with E-state index >= 15 is 0 Å². The van der Waals surface area contributed by atoms with Crippen molar-refractivity contribution in [2.24, 2.45) is 0 Å². The molecular weight excluding hydrogens is 323 g/mol. The normalized spacial score (nSPS) is 18.8. The quantitative estimate of drug-likeness (QED) is 0.696. The number of rotatable bonds is 4. The van der Waals surface area contributed by atoms with E-state index in [2.05, 4.69) is 25.3 Å². The van der Waals surface area contributed by atoms with Gasteiger partial charge in [0.15, 0.2) is 5.82 Å². The number of nitrogens with zero attached hydrogens (tertiary/aromatic N) is 2. The first-order valence-corrected chi connectivity index (χ1v) is 6.53. The monoisotopic (exact) mass is 335 g/mol. The molecule has 0 unspecified atom stereocenters. The van der Waals surface area contributed by atoms with Gasteiger partial charge in [-0.05, 0) is 6.42 Å². The Morgan fingerprint density at radius 2 is 2.13 bits per heavy atom. The molecule has 1 aromatic rings. The highest BCUT2D eigenvalue weighted by Crippen LogP contribution is 2.27. The number of hydrogen-bond acceptors (Lipinski definition) is 6. The average Bonchev–Trinajstić information content (AvgIpc) is 2.85. The summed E-state index contributed by atoms with van der Waals surface area (Å²) in [6, 6.07) is -1.68. The molecule has 0 saturated carbocycles. The lowest BCUT2D eigenvalue weighted by molar-refractivity contribution is -0.159. The fourth-order valence-corrected chi connectivity index (χ4v) is 1.82. The van der Waals surface area contributed by atoms with Gasteiger partial charge in [0.1, 0.15) is 6.04 Å².